The molecule has 3 N–H and O–H groups in total. The number of nitrogens with one attached hydrogen (secondary N) is 1. The van der Waals surface area contributed by atoms with Crippen LogP contribution in [0.3, 0.4) is 0 Å². The van der Waals surface area contributed by atoms with Crippen LogP contribution in [-0.4, -0.2) is 24.1 Å². The van der Waals surface area contributed by atoms with Gasteiger partial charge in [0.15, 0.2) is 0 Å². The van der Waals surface area contributed by atoms with E-state index in [1.54, 1.807) is 13.1 Å². The van der Waals surface area contributed by atoms with Gasteiger partial charge in [-0.3, -0.25) is 4.98 Å². The number of nitrogens with two attached hydrogens (primary N) is 1. The van der Waals surface area contributed by atoms with Crippen LogP contribution in [0.15, 0.2) is 48.7 Å². The summed E-state index contributed by atoms with van der Waals surface area (Å²) in [5.41, 5.74) is 8.28. The van der Waals surface area contributed by atoms with E-state index in [2.05, 4.69) is 15.2 Å². The minimum absolute atomic E-state index is 0.169. The monoisotopic (exact) mass is 400 g/mol. The third-order valence-corrected chi connectivity index (χ3v) is 5.45. The molecule has 0 bridgehead atoms. The van der Waals surface area contributed by atoms with Crippen LogP contribution >= 0.6 is 0 Å². The summed E-state index contributed by atoms with van der Waals surface area (Å²) in [4.78, 5) is 6.64. The molecule has 1 aliphatic rings. The Morgan fingerprint density at radius 1 is 1.17 bits per heavy atom. The van der Waals surface area contributed by atoms with Gasteiger partial charge in [-0.1, -0.05) is 18.2 Å². The van der Waals surface area contributed by atoms with Crippen LogP contribution in [0.1, 0.15) is 36.9 Å². The molecule has 0 aliphatic carbocycles. The van der Waals surface area contributed by atoms with Crippen molar-refractivity contribution < 1.29 is 13.2 Å². The van der Waals surface area contributed by atoms with Gasteiger partial charge < -0.3 is 16.0 Å². The van der Waals surface area contributed by atoms with Gasteiger partial charge in [0.25, 0.3) is 6.43 Å². The number of pyridine rings is 1. The standard InChI is InChI=1S/C22H23F3N4/c1-13(16-3-2-4-17(21(16)23)22(24)25)28-20-7-9-27-19-6-5-15(11-18(19)20)29-10-8-14(26)12-29/h2-7,9,11,13-14,22H,8,10,12,26H2,1H3,(H,27,28)/t13-,14+/m1/s1. The number of halogens is 3. The molecule has 7 heteroatoms. The summed E-state index contributed by atoms with van der Waals surface area (Å²) in [6, 6.07) is 11.6. The third kappa shape index (κ3) is 3.87. The van der Waals surface area contributed by atoms with E-state index in [-0.39, 0.29) is 11.6 Å². The molecule has 0 spiro atoms. The lowest BCUT2D eigenvalue weighted by Gasteiger charge is -2.21. The van der Waals surface area contributed by atoms with E-state index in [9.17, 15) is 13.2 Å². The maximum atomic E-state index is 14.5. The summed E-state index contributed by atoms with van der Waals surface area (Å²) in [6.45, 7) is 3.46. The first-order valence-corrected chi connectivity index (χ1v) is 9.66. The molecule has 1 aromatic heterocycles. The van der Waals surface area contributed by atoms with Crippen molar-refractivity contribution in [3.8, 4) is 0 Å². The lowest BCUT2D eigenvalue weighted by molar-refractivity contribution is 0.146. The zero-order chi connectivity index (χ0) is 20.5. The molecular weight excluding hydrogens is 377 g/mol. The van der Waals surface area contributed by atoms with Crippen molar-refractivity contribution >= 4 is 22.3 Å². The van der Waals surface area contributed by atoms with E-state index in [1.807, 2.05) is 24.3 Å². The Balaban J connectivity index is 1.66. The van der Waals surface area contributed by atoms with Crippen molar-refractivity contribution in [2.75, 3.05) is 23.3 Å². The summed E-state index contributed by atoms with van der Waals surface area (Å²) in [6.07, 6.45) is -0.222. The fourth-order valence-electron chi connectivity index (χ4n) is 3.86. The lowest BCUT2D eigenvalue weighted by Crippen LogP contribution is -2.26. The molecule has 152 valence electrons. The Hall–Kier alpha value is -2.80. The van der Waals surface area contributed by atoms with E-state index in [0.717, 1.165) is 47.9 Å². The van der Waals surface area contributed by atoms with Crippen LogP contribution in [0.5, 0.6) is 0 Å². The van der Waals surface area contributed by atoms with Crippen LogP contribution < -0.4 is 16.0 Å². The zero-order valence-corrected chi connectivity index (χ0v) is 16.1. The van der Waals surface area contributed by atoms with E-state index in [0.29, 0.717) is 0 Å². The summed E-state index contributed by atoms with van der Waals surface area (Å²) >= 11 is 0. The predicted molar refractivity (Wildman–Crippen MR) is 110 cm³/mol. The van der Waals surface area contributed by atoms with Crippen molar-refractivity contribution in [2.24, 2.45) is 5.73 Å². The second-order valence-electron chi connectivity index (χ2n) is 7.47. The maximum absolute atomic E-state index is 14.5. The fraction of sp³-hybridized carbons (Fsp3) is 0.318. The first-order valence-electron chi connectivity index (χ1n) is 9.66. The lowest BCUT2D eigenvalue weighted by atomic mass is 10.0. The molecule has 4 nitrogen and oxygen atoms in total. The minimum atomic E-state index is -2.85. The topological polar surface area (TPSA) is 54.2 Å². The number of aromatic nitrogens is 1. The highest BCUT2D eigenvalue weighted by Crippen LogP contribution is 2.32. The number of rotatable bonds is 5. The number of benzene rings is 2. The molecule has 3 aromatic rings. The molecule has 1 saturated heterocycles. The summed E-state index contributed by atoms with van der Waals surface area (Å²) in [5.74, 6) is -0.868. The molecule has 2 heterocycles. The smallest absolute Gasteiger partial charge is 0.266 e. The van der Waals surface area contributed by atoms with Crippen molar-refractivity contribution in [3.05, 3.63) is 65.6 Å². The second-order valence-corrected chi connectivity index (χ2v) is 7.47. The average Bonchev–Trinajstić information content (AvgIpc) is 3.14. The highest BCUT2D eigenvalue weighted by Gasteiger charge is 2.21. The van der Waals surface area contributed by atoms with Crippen molar-refractivity contribution in [1.29, 1.82) is 0 Å². The predicted octanol–water partition coefficient (Wildman–Crippen LogP) is 5.02. The Kier molecular flexibility index (Phi) is 5.32. The van der Waals surface area contributed by atoms with E-state index >= 15 is 0 Å². The molecule has 0 amide bonds. The van der Waals surface area contributed by atoms with Crippen molar-refractivity contribution in [3.63, 3.8) is 0 Å². The largest absolute Gasteiger partial charge is 0.378 e. The molecular formula is C22H23F3N4. The molecule has 0 unspecified atom stereocenters. The number of hydrogen-bond donors (Lipinski definition) is 2. The molecule has 29 heavy (non-hydrogen) atoms. The molecule has 1 fully saturated rings. The van der Waals surface area contributed by atoms with Gasteiger partial charge in [0.2, 0.25) is 0 Å². The molecule has 0 radical (unpaired) electrons. The highest BCUT2D eigenvalue weighted by atomic mass is 19.3. The van der Waals surface area contributed by atoms with E-state index in [1.165, 1.54) is 12.1 Å². The quantitative estimate of drug-likeness (QED) is 0.631. The molecule has 2 atom stereocenters. The van der Waals surface area contributed by atoms with Crippen molar-refractivity contribution in [1.82, 2.24) is 4.98 Å². The number of alkyl halides is 2. The molecule has 1 aliphatic heterocycles. The Morgan fingerprint density at radius 2 is 1.97 bits per heavy atom. The van der Waals surface area contributed by atoms with Crippen LogP contribution in [0.4, 0.5) is 24.5 Å². The Labute approximate surface area is 167 Å². The van der Waals surface area contributed by atoms with E-state index in [4.69, 9.17) is 5.73 Å². The van der Waals surface area contributed by atoms with Crippen LogP contribution in [0, 0.1) is 5.82 Å². The zero-order valence-electron chi connectivity index (χ0n) is 16.1. The van der Waals surface area contributed by atoms with Gasteiger partial charge in [-0.15, -0.1) is 0 Å². The third-order valence-electron chi connectivity index (χ3n) is 5.45. The van der Waals surface area contributed by atoms with Gasteiger partial charge in [-0.2, -0.15) is 0 Å². The number of hydrogen-bond acceptors (Lipinski definition) is 4. The summed E-state index contributed by atoms with van der Waals surface area (Å²) in [7, 11) is 0. The van der Waals surface area contributed by atoms with Crippen molar-refractivity contribution in [2.45, 2.75) is 31.9 Å². The fourth-order valence-corrected chi connectivity index (χ4v) is 3.86. The second kappa shape index (κ2) is 7.91. The van der Waals surface area contributed by atoms with Gasteiger partial charge in [-0.25, -0.2) is 13.2 Å². The first kappa shape index (κ1) is 19.5. The summed E-state index contributed by atoms with van der Waals surface area (Å²) < 4.78 is 40.6. The Bertz CT molecular complexity index is 1020. The first-order chi connectivity index (χ1) is 13.9. The van der Waals surface area contributed by atoms with Crippen LogP contribution in [0.2, 0.25) is 0 Å². The van der Waals surface area contributed by atoms with Gasteiger partial charge in [0.1, 0.15) is 5.82 Å². The average molecular weight is 400 g/mol. The Morgan fingerprint density at radius 3 is 2.69 bits per heavy atom. The normalized spacial score (nSPS) is 17.9. The van der Waals surface area contributed by atoms with Crippen LogP contribution in [0.25, 0.3) is 10.9 Å². The van der Waals surface area contributed by atoms with Gasteiger partial charge >= 0.3 is 0 Å². The van der Waals surface area contributed by atoms with Crippen LogP contribution in [-0.2, 0) is 0 Å². The minimum Gasteiger partial charge on any atom is -0.378 e. The van der Waals surface area contributed by atoms with Gasteiger partial charge in [0.05, 0.1) is 17.1 Å². The molecule has 0 saturated carbocycles. The summed E-state index contributed by atoms with van der Waals surface area (Å²) in [5, 5.41) is 4.16. The highest BCUT2D eigenvalue weighted by molar-refractivity contribution is 5.93. The van der Waals surface area contributed by atoms with E-state index < -0.39 is 23.8 Å². The maximum Gasteiger partial charge on any atom is 0.266 e. The SMILES string of the molecule is C[C@@H](Nc1ccnc2ccc(N3CC[C@H](N)C3)cc12)c1cccc(C(F)F)c1F. The van der Waals surface area contributed by atoms with Gasteiger partial charge in [0, 0.05) is 47.7 Å². The van der Waals surface area contributed by atoms with Gasteiger partial charge in [-0.05, 0) is 37.6 Å². The number of fused-ring (bicyclic) bond motifs is 1. The number of nitrogens with zero attached hydrogens (tertiary/aromatic N) is 2. The number of anilines is 2. The molecule has 4 rings (SSSR count). The molecule has 2 aromatic carbocycles.